The van der Waals surface area contributed by atoms with Crippen molar-refractivity contribution in [2.45, 2.75) is 36.6 Å². The fourth-order valence-electron chi connectivity index (χ4n) is 4.20. The number of imidazole rings is 1. The normalized spacial score (nSPS) is 19.1. The van der Waals surface area contributed by atoms with E-state index in [4.69, 9.17) is 5.73 Å². The molecule has 1 aliphatic rings. The number of aliphatic hydroxyl groups is 1. The lowest BCUT2D eigenvalue weighted by Crippen LogP contribution is -2.51. The van der Waals surface area contributed by atoms with E-state index in [0.29, 0.717) is 17.5 Å². The second-order valence-corrected chi connectivity index (χ2v) is 10.7. The number of halogens is 3. The third kappa shape index (κ3) is 5.31. The molecule has 3 aromatic rings. The lowest BCUT2D eigenvalue weighted by molar-refractivity contribution is -0.137. The van der Waals surface area contributed by atoms with Crippen molar-refractivity contribution in [3.05, 3.63) is 59.7 Å². The predicted octanol–water partition coefficient (Wildman–Crippen LogP) is 2.14. The van der Waals surface area contributed by atoms with Gasteiger partial charge >= 0.3 is 6.18 Å². The van der Waals surface area contributed by atoms with Gasteiger partial charge in [-0.1, -0.05) is 12.1 Å². The lowest BCUT2D eigenvalue weighted by Gasteiger charge is -2.36. The van der Waals surface area contributed by atoms with Crippen molar-refractivity contribution in [3.63, 3.8) is 0 Å². The highest BCUT2D eigenvalue weighted by molar-refractivity contribution is 7.89. The second kappa shape index (κ2) is 9.76. The summed E-state index contributed by atoms with van der Waals surface area (Å²) in [5.74, 6) is -0.425. The Morgan fingerprint density at radius 3 is 2.41 bits per heavy atom. The number of carbonyl (C=O) groups excluding carboxylic acids is 1. The first kappa shape index (κ1) is 26.6. The van der Waals surface area contributed by atoms with Gasteiger partial charge in [0, 0.05) is 26.3 Å². The smallest absolute Gasteiger partial charge is 0.390 e. The van der Waals surface area contributed by atoms with Crippen molar-refractivity contribution in [2.24, 2.45) is 12.8 Å². The molecule has 0 unspecified atom stereocenters. The van der Waals surface area contributed by atoms with E-state index in [9.17, 15) is 31.5 Å². The number of hydrogen-bond donors (Lipinski definition) is 3. The number of amides is 1. The van der Waals surface area contributed by atoms with E-state index in [2.05, 4.69) is 15.3 Å². The SMILES string of the molecule is Cc1cc(C(F)(F)F)cnc1N[C@@H]1CCN(S(=O)(=O)c2ccc(-c3cnc(C(N)=O)n3C)cc2)C[C@@H]1O. The van der Waals surface area contributed by atoms with Crippen molar-refractivity contribution in [1.29, 1.82) is 0 Å². The molecule has 14 heteroatoms. The van der Waals surface area contributed by atoms with E-state index in [0.717, 1.165) is 10.4 Å². The van der Waals surface area contributed by atoms with Gasteiger partial charge in [0.1, 0.15) is 5.82 Å². The summed E-state index contributed by atoms with van der Waals surface area (Å²) in [7, 11) is -2.31. The molecule has 0 bridgehead atoms. The number of anilines is 1. The third-order valence-corrected chi connectivity index (χ3v) is 8.15. The number of alkyl halides is 3. The van der Waals surface area contributed by atoms with Gasteiger partial charge in [-0.3, -0.25) is 4.79 Å². The molecule has 0 aliphatic carbocycles. The number of β-amino-alcohol motifs (C(OH)–C–C–N with tert-alkyl or cyclic N) is 1. The average molecular weight is 539 g/mol. The van der Waals surface area contributed by atoms with E-state index < -0.39 is 39.8 Å². The van der Waals surface area contributed by atoms with Crippen molar-refractivity contribution >= 4 is 21.7 Å². The van der Waals surface area contributed by atoms with Gasteiger partial charge in [-0.05, 0) is 42.7 Å². The second-order valence-electron chi connectivity index (χ2n) is 8.77. The molecule has 1 amide bonds. The number of aryl methyl sites for hydroxylation is 1. The van der Waals surface area contributed by atoms with Crippen LogP contribution in [0.5, 0.6) is 0 Å². The number of aromatic nitrogens is 3. The number of nitrogens with one attached hydrogen (secondary N) is 1. The van der Waals surface area contributed by atoms with Crippen LogP contribution in [0.2, 0.25) is 0 Å². The number of carbonyl (C=O) groups is 1. The van der Waals surface area contributed by atoms with E-state index in [1.807, 2.05) is 0 Å². The van der Waals surface area contributed by atoms with Gasteiger partial charge in [-0.2, -0.15) is 17.5 Å². The van der Waals surface area contributed by atoms with E-state index in [1.54, 1.807) is 19.2 Å². The Morgan fingerprint density at radius 1 is 1.19 bits per heavy atom. The molecule has 198 valence electrons. The molecule has 1 saturated heterocycles. The molecule has 1 aromatic carbocycles. The standard InChI is InChI=1S/C23H25F3N6O4S/c1-13-9-15(23(24,25)26)10-28-21(13)30-17-7-8-32(12-19(17)33)37(35,36)16-5-3-14(4-6-16)18-11-29-22(20(27)34)31(18)2/h3-6,9-11,17,19,33H,7-8,12H2,1-2H3,(H2,27,34)(H,28,30)/t17-,19+/m1/s1. The molecular weight excluding hydrogens is 513 g/mol. The van der Waals surface area contributed by atoms with Gasteiger partial charge in [0.05, 0.1) is 34.5 Å². The number of rotatable bonds is 6. The van der Waals surface area contributed by atoms with Gasteiger partial charge in [0.15, 0.2) is 5.82 Å². The summed E-state index contributed by atoms with van der Waals surface area (Å²) in [6.45, 7) is 1.35. The summed E-state index contributed by atoms with van der Waals surface area (Å²) in [6.07, 6.45) is -3.24. The first-order valence-corrected chi connectivity index (χ1v) is 12.6. The number of nitrogens with two attached hydrogens (primary N) is 1. The molecule has 1 aliphatic heterocycles. The van der Waals surface area contributed by atoms with Crippen LogP contribution in [0.4, 0.5) is 19.0 Å². The van der Waals surface area contributed by atoms with Gasteiger partial charge in [-0.15, -0.1) is 0 Å². The van der Waals surface area contributed by atoms with Gasteiger partial charge in [-0.25, -0.2) is 18.4 Å². The maximum Gasteiger partial charge on any atom is 0.417 e. The van der Waals surface area contributed by atoms with Gasteiger partial charge < -0.3 is 20.7 Å². The number of sulfonamides is 1. The lowest BCUT2D eigenvalue weighted by atomic mass is 10.0. The predicted molar refractivity (Wildman–Crippen MR) is 128 cm³/mol. The Hall–Kier alpha value is -3.49. The maximum atomic E-state index is 13.2. The molecular formula is C23H25F3N6O4S. The summed E-state index contributed by atoms with van der Waals surface area (Å²) >= 11 is 0. The molecule has 37 heavy (non-hydrogen) atoms. The summed E-state index contributed by atoms with van der Waals surface area (Å²) in [6, 6.07) is 6.38. The van der Waals surface area contributed by atoms with Crippen LogP contribution in [0.3, 0.4) is 0 Å². The average Bonchev–Trinajstić information content (AvgIpc) is 3.22. The van der Waals surface area contributed by atoms with E-state index in [1.165, 1.54) is 29.8 Å². The molecule has 0 spiro atoms. The number of aliphatic hydroxyl groups excluding tert-OH is 1. The number of primary amides is 1. The Balaban J connectivity index is 1.45. The van der Waals surface area contributed by atoms with Crippen molar-refractivity contribution in [1.82, 2.24) is 18.8 Å². The summed E-state index contributed by atoms with van der Waals surface area (Å²) in [4.78, 5) is 19.3. The fraction of sp³-hybridized carbons (Fsp3) is 0.348. The molecule has 4 rings (SSSR count). The molecule has 4 N–H and O–H groups in total. The molecule has 3 heterocycles. The third-order valence-electron chi connectivity index (χ3n) is 6.27. The number of pyridine rings is 1. The molecule has 0 saturated carbocycles. The highest BCUT2D eigenvalue weighted by atomic mass is 32.2. The minimum Gasteiger partial charge on any atom is -0.390 e. The van der Waals surface area contributed by atoms with Crippen LogP contribution < -0.4 is 11.1 Å². The van der Waals surface area contributed by atoms with E-state index >= 15 is 0 Å². The van der Waals surface area contributed by atoms with Crippen LogP contribution in [0.15, 0.2) is 47.6 Å². The summed E-state index contributed by atoms with van der Waals surface area (Å²) < 4.78 is 67.7. The molecule has 2 aromatic heterocycles. The first-order valence-electron chi connectivity index (χ1n) is 11.2. The van der Waals surface area contributed by atoms with Crippen molar-refractivity contribution in [2.75, 3.05) is 18.4 Å². The molecule has 1 fully saturated rings. The Bertz CT molecular complexity index is 1420. The van der Waals surface area contributed by atoms with Gasteiger partial charge in [0.25, 0.3) is 5.91 Å². The maximum absolute atomic E-state index is 13.2. The van der Waals surface area contributed by atoms with Crippen LogP contribution in [0, 0.1) is 6.92 Å². The quantitative estimate of drug-likeness (QED) is 0.436. The number of benzene rings is 1. The highest BCUT2D eigenvalue weighted by Crippen LogP contribution is 2.31. The van der Waals surface area contributed by atoms with Crippen molar-refractivity contribution in [3.8, 4) is 11.3 Å². The zero-order valence-corrected chi connectivity index (χ0v) is 20.7. The topological polar surface area (TPSA) is 143 Å². The monoisotopic (exact) mass is 538 g/mol. The van der Waals surface area contributed by atoms with Crippen LogP contribution in [-0.4, -0.2) is 63.5 Å². The van der Waals surface area contributed by atoms with Crippen LogP contribution in [-0.2, 0) is 23.2 Å². The van der Waals surface area contributed by atoms with Gasteiger partial charge in [0.2, 0.25) is 10.0 Å². The summed E-state index contributed by atoms with van der Waals surface area (Å²) in [5.41, 5.74) is 5.87. The summed E-state index contributed by atoms with van der Waals surface area (Å²) in [5, 5.41) is 13.6. The Kier molecular flexibility index (Phi) is 7.01. The number of piperidine rings is 1. The fourth-order valence-corrected chi connectivity index (χ4v) is 5.67. The van der Waals surface area contributed by atoms with Crippen LogP contribution >= 0.6 is 0 Å². The van der Waals surface area contributed by atoms with E-state index in [-0.39, 0.29) is 41.6 Å². The Labute approximate surface area is 211 Å². The number of nitrogens with zero attached hydrogens (tertiary/aromatic N) is 4. The molecule has 10 nitrogen and oxygen atoms in total. The minimum absolute atomic E-state index is 0.0207. The zero-order valence-electron chi connectivity index (χ0n) is 19.9. The van der Waals surface area contributed by atoms with Crippen molar-refractivity contribution < 1.29 is 31.5 Å². The largest absolute Gasteiger partial charge is 0.417 e. The first-order chi connectivity index (χ1) is 17.3. The number of hydrogen-bond acceptors (Lipinski definition) is 7. The molecule has 0 radical (unpaired) electrons. The van der Waals surface area contributed by atoms with Crippen LogP contribution in [0.25, 0.3) is 11.3 Å². The Morgan fingerprint density at radius 2 is 1.86 bits per heavy atom. The molecule has 2 atom stereocenters. The highest BCUT2D eigenvalue weighted by Gasteiger charge is 2.36. The minimum atomic E-state index is -4.52. The zero-order chi connectivity index (χ0) is 27.1. The van der Waals surface area contributed by atoms with Crippen LogP contribution in [0.1, 0.15) is 28.2 Å².